The third kappa shape index (κ3) is 4.08. The van der Waals surface area contributed by atoms with Crippen LogP contribution in [0.15, 0.2) is 60.8 Å². The van der Waals surface area contributed by atoms with E-state index in [1.807, 2.05) is 0 Å². The summed E-state index contributed by atoms with van der Waals surface area (Å²) in [5, 5.41) is 2.35. The quantitative estimate of drug-likeness (QED) is 0.306. The number of carbonyl (C=O) groups excluding carboxylic acids is 1. The van der Waals surface area contributed by atoms with Crippen LogP contribution in [0.5, 0.6) is 0 Å². The Kier molecular flexibility index (Phi) is 5.46. The molecule has 0 saturated heterocycles. The van der Waals surface area contributed by atoms with Crippen molar-refractivity contribution in [1.82, 2.24) is 14.5 Å². The first-order chi connectivity index (χ1) is 15.1. The van der Waals surface area contributed by atoms with Gasteiger partial charge in [-0.2, -0.15) is 13.2 Å². The lowest BCUT2D eigenvalue weighted by molar-refractivity contribution is -0.145. The Balaban J connectivity index is 1.62. The Bertz CT molecular complexity index is 1310. The maximum absolute atomic E-state index is 13.8. The van der Waals surface area contributed by atoms with Gasteiger partial charge in [-0.1, -0.05) is 24.9 Å². The van der Waals surface area contributed by atoms with E-state index in [-0.39, 0.29) is 22.5 Å². The minimum Gasteiger partial charge on any atom is -0.305 e. The zero-order valence-corrected chi connectivity index (χ0v) is 16.7. The fourth-order valence-corrected chi connectivity index (χ4v) is 3.18. The average Bonchev–Trinajstić information content (AvgIpc) is 3.16. The zero-order chi connectivity index (χ0) is 23.0. The molecule has 32 heavy (non-hydrogen) atoms. The van der Waals surface area contributed by atoms with Crippen LogP contribution in [0.2, 0.25) is 0 Å². The summed E-state index contributed by atoms with van der Waals surface area (Å²) in [7, 11) is 0. The van der Waals surface area contributed by atoms with E-state index in [1.165, 1.54) is 24.3 Å². The molecule has 6 nitrogen and oxygen atoms in total. The van der Waals surface area contributed by atoms with Crippen molar-refractivity contribution < 1.29 is 26.7 Å². The Hall–Kier alpha value is -3.67. The Morgan fingerprint density at radius 2 is 1.81 bits per heavy atom. The lowest BCUT2D eigenvalue weighted by atomic mass is 10.3. The molecule has 0 aliphatic rings. The average molecular weight is 465 g/mol. The third-order valence-electron chi connectivity index (χ3n) is 4.37. The van der Waals surface area contributed by atoms with E-state index >= 15 is 0 Å². The number of aromatic nitrogens is 3. The number of rotatable bonds is 3. The number of nitrogens with one attached hydrogen (secondary N) is 1. The first-order valence-electron chi connectivity index (χ1n) is 8.91. The Labute approximate surface area is 182 Å². The molecular weight excluding hydrogens is 453 g/mol. The van der Waals surface area contributed by atoms with Crippen molar-refractivity contribution in [2.45, 2.75) is 6.18 Å². The molecule has 0 saturated carbocycles. The highest BCUT2D eigenvalue weighted by molar-refractivity contribution is 7.82. The number of benzene rings is 2. The molecule has 4 aromatic rings. The van der Waals surface area contributed by atoms with E-state index in [4.69, 9.17) is 0 Å². The van der Waals surface area contributed by atoms with Crippen LogP contribution in [0.1, 0.15) is 5.82 Å². The number of hydrogen-bond acceptors (Lipinski definition) is 4. The van der Waals surface area contributed by atoms with E-state index in [2.05, 4.69) is 28.1 Å². The summed E-state index contributed by atoms with van der Waals surface area (Å²) in [5.74, 6) is -2.88. The number of alkyl halides is 3. The minimum absolute atomic E-state index is 0.0806. The monoisotopic (exact) mass is 465 g/mol. The fraction of sp³-hybridized carbons (Fsp3) is 0.0500. The third-order valence-corrected chi connectivity index (χ3v) is 4.77. The van der Waals surface area contributed by atoms with Crippen molar-refractivity contribution >= 4 is 41.3 Å². The van der Waals surface area contributed by atoms with Gasteiger partial charge in [0, 0.05) is 6.07 Å². The van der Waals surface area contributed by atoms with Gasteiger partial charge in [-0.15, -0.1) is 0 Å². The molecule has 0 aliphatic carbocycles. The predicted octanol–water partition coefficient (Wildman–Crippen LogP) is 5.60. The molecule has 2 heterocycles. The molecule has 1 N–H and O–H groups in total. The molecule has 0 spiro atoms. The van der Waals surface area contributed by atoms with Crippen LogP contribution in [0, 0.1) is 11.6 Å². The van der Waals surface area contributed by atoms with Crippen molar-refractivity contribution in [1.29, 1.82) is 0 Å². The minimum atomic E-state index is -4.73. The number of amides is 2. The number of halogens is 5. The summed E-state index contributed by atoms with van der Waals surface area (Å²) in [4.78, 5) is 19.9. The molecule has 164 valence electrons. The van der Waals surface area contributed by atoms with Gasteiger partial charge in [0.25, 0.3) is 0 Å². The molecule has 0 radical (unpaired) electrons. The summed E-state index contributed by atoms with van der Waals surface area (Å²) in [6, 6.07) is 10.2. The van der Waals surface area contributed by atoms with Crippen LogP contribution in [0.3, 0.4) is 0 Å². The normalized spacial score (nSPS) is 11.6. The molecule has 0 unspecified atom stereocenters. The molecule has 12 heteroatoms. The Morgan fingerprint density at radius 3 is 2.50 bits per heavy atom. The van der Waals surface area contributed by atoms with Gasteiger partial charge in [0.2, 0.25) is 5.82 Å². The number of hydrogen-bond donors (Lipinski definition) is 2. The highest BCUT2D eigenvalue weighted by Crippen LogP contribution is 2.33. The second-order valence-electron chi connectivity index (χ2n) is 6.50. The second-order valence-corrected chi connectivity index (χ2v) is 6.90. The molecule has 2 aromatic carbocycles. The summed E-state index contributed by atoms with van der Waals surface area (Å²) in [5.41, 5.74) is 0.0109. The Morgan fingerprint density at radius 1 is 1.06 bits per heavy atom. The number of pyridine rings is 1. The lowest BCUT2D eigenvalue weighted by Crippen LogP contribution is -2.27. The van der Waals surface area contributed by atoms with Crippen LogP contribution in [-0.2, 0) is 6.18 Å². The van der Waals surface area contributed by atoms with E-state index in [1.54, 1.807) is 12.1 Å². The number of para-hydroxylation sites is 2. The van der Waals surface area contributed by atoms with Crippen LogP contribution >= 0.6 is 12.8 Å². The summed E-state index contributed by atoms with van der Waals surface area (Å²) < 4.78 is 69.1. The zero-order valence-electron chi connectivity index (χ0n) is 15.8. The van der Waals surface area contributed by atoms with E-state index in [0.717, 1.165) is 29.0 Å². The number of urea groups is 1. The lowest BCUT2D eigenvalue weighted by Gasteiger charge is -2.17. The van der Waals surface area contributed by atoms with Crippen LogP contribution in [-0.4, -0.2) is 20.6 Å². The summed E-state index contributed by atoms with van der Waals surface area (Å²) >= 11 is 3.87. The number of thiol groups is 1. The van der Waals surface area contributed by atoms with Crippen LogP contribution in [0.25, 0.3) is 16.9 Å². The summed E-state index contributed by atoms with van der Waals surface area (Å²) in [6.07, 6.45) is -3.61. The molecule has 2 aromatic heterocycles. The summed E-state index contributed by atoms with van der Waals surface area (Å²) in [6.45, 7) is 0. The van der Waals surface area contributed by atoms with Crippen molar-refractivity contribution in [3.63, 3.8) is 0 Å². The van der Waals surface area contributed by atoms with Gasteiger partial charge >= 0.3 is 12.2 Å². The molecule has 4 rings (SSSR count). The van der Waals surface area contributed by atoms with Gasteiger partial charge in [0.1, 0.15) is 17.5 Å². The van der Waals surface area contributed by atoms with Crippen molar-refractivity contribution in [3.05, 3.63) is 78.3 Å². The predicted molar refractivity (Wildman–Crippen MR) is 111 cm³/mol. The highest BCUT2D eigenvalue weighted by atomic mass is 32.1. The van der Waals surface area contributed by atoms with Crippen molar-refractivity contribution in [2.75, 3.05) is 9.62 Å². The molecule has 0 fully saturated rings. The fourth-order valence-electron chi connectivity index (χ4n) is 2.97. The number of nitrogens with zero attached hydrogens (tertiary/aromatic N) is 4. The first kappa shape index (κ1) is 21.6. The maximum Gasteiger partial charge on any atom is 0.450 e. The second kappa shape index (κ2) is 8.11. The maximum atomic E-state index is 13.8. The highest BCUT2D eigenvalue weighted by Gasteiger charge is 2.38. The van der Waals surface area contributed by atoms with Gasteiger partial charge in [-0.05, 0) is 36.4 Å². The molecule has 2 amide bonds. The van der Waals surface area contributed by atoms with Crippen LogP contribution in [0.4, 0.5) is 38.1 Å². The molecule has 0 aliphatic heterocycles. The van der Waals surface area contributed by atoms with Crippen molar-refractivity contribution in [3.8, 4) is 5.82 Å². The van der Waals surface area contributed by atoms with Gasteiger partial charge in [0.15, 0.2) is 0 Å². The standard InChI is InChI=1S/C20H12F5N5OS/c21-11-5-7-13(22)16(9-11)30(32)19(31)27-12-6-8-17(26-10-12)29-15-4-2-1-3-14(15)28-18(29)20(23,24)25/h1-10,32H,(H,27,31). The number of imidazole rings is 1. The number of anilines is 2. The molecule has 0 bridgehead atoms. The van der Waals surface area contributed by atoms with Gasteiger partial charge < -0.3 is 5.32 Å². The van der Waals surface area contributed by atoms with Gasteiger partial charge in [-0.25, -0.2) is 27.8 Å². The SMILES string of the molecule is O=C(Nc1ccc(-n2c(C(F)(F)F)nc3ccccc32)nc1)N(S)c1cc(F)ccc1F. The molecular formula is C20H12F5N5OS. The van der Waals surface area contributed by atoms with Crippen molar-refractivity contribution in [2.24, 2.45) is 0 Å². The van der Waals surface area contributed by atoms with Gasteiger partial charge in [-0.3, -0.25) is 4.57 Å². The van der Waals surface area contributed by atoms with E-state index in [9.17, 15) is 26.7 Å². The first-order valence-corrected chi connectivity index (χ1v) is 9.31. The van der Waals surface area contributed by atoms with E-state index in [0.29, 0.717) is 4.31 Å². The number of carbonyl (C=O) groups is 1. The van der Waals surface area contributed by atoms with Gasteiger partial charge in [0.05, 0.1) is 28.6 Å². The van der Waals surface area contributed by atoms with Crippen LogP contribution < -0.4 is 9.62 Å². The number of fused-ring (bicyclic) bond motifs is 1. The largest absolute Gasteiger partial charge is 0.450 e. The van der Waals surface area contributed by atoms with E-state index < -0.39 is 35.4 Å². The topological polar surface area (TPSA) is 63.1 Å². The smallest absolute Gasteiger partial charge is 0.305 e. The molecule has 0 atom stereocenters.